The first kappa shape index (κ1) is 17.0. The second-order valence-corrected chi connectivity index (χ2v) is 6.31. The number of phenols is 1. The fourth-order valence-electron chi connectivity index (χ4n) is 2.09. The predicted molar refractivity (Wildman–Crippen MR) is 80.4 cm³/mol. The maximum absolute atomic E-state index is 11.9. The first-order valence-corrected chi connectivity index (χ1v) is 6.70. The molecule has 0 saturated carbocycles. The summed E-state index contributed by atoms with van der Waals surface area (Å²) in [6.45, 7) is 6.14. The number of carboxylic acid groups (broad SMARTS) is 1. The van der Waals surface area contributed by atoms with Crippen LogP contribution in [0.4, 0.5) is 5.69 Å². The Labute approximate surface area is 124 Å². The van der Waals surface area contributed by atoms with E-state index in [0.29, 0.717) is 12.1 Å². The third kappa shape index (κ3) is 5.83. The van der Waals surface area contributed by atoms with Gasteiger partial charge >= 0.3 is 5.97 Å². The molecule has 0 spiro atoms. The Bertz CT molecular complexity index is 535. The third-order valence-electron chi connectivity index (χ3n) is 2.83. The molecule has 0 radical (unpaired) electrons. The van der Waals surface area contributed by atoms with E-state index < -0.39 is 5.97 Å². The van der Waals surface area contributed by atoms with E-state index in [0.717, 1.165) is 0 Å². The molecule has 0 fully saturated rings. The highest BCUT2D eigenvalue weighted by molar-refractivity contribution is 5.95. The van der Waals surface area contributed by atoms with E-state index in [-0.39, 0.29) is 35.1 Å². The van der Waals surface area contributed by atoms with Crippen LogP contribution in [0.2, 0.25) is 0 Å². The second-order valence-electron chi connectivity index (χ2n) is 6.31. The molecule has 0 heterocycles. The maximum atomic E-state index is 11.9. The lowest BCUT2D eigenvalue weighted by molar-refractivity contribution is -0.116. The summed E-state index contributed by atoms with van der Waals surface area (Å²) in [4.78, 5) is 22.8. The van der Waals surface area contributed by atoms with Crippen molar-refractivity contribution in [3.8, 4) is 5.75 Å². The zero-order valence-electron chi connectivity index (χ0n) is 12.5. The molecule has 0 saturated heterocycles. The van der Waals surface area contributed by atoms with E-state index in [1.807, 2.05) is 20.8 Å². The molecular weight excluding hydrogens is 272 g/mol. The Hall–Kier alpha value is -2.08. The van der Waals surface area contributed by atoms with Gasteiger partial charge in [0.2, 0.25) is 5.91 Å². The number of amides is 1. The van der Waals surface area contributed by atoms with Gasteiger partial charge in [0.1, 0.15) is 11.3 Å². The summed E-state index contributed by atoms with van der Waals surface area (Å²) >= 11 is 0. The Balaban J connectivity index is 2.67. The lowest BCUT2D eigenvalue weighted by Crippen LogP contribution is -2.31. The smallest absolute Gasteiger partial charge is 0.339 e. The molecule has 0 bridgehead atoms. The molecule has 0 aliphatic carbocycles. The molecule has 0 aliphatic heterocycles. The number of aromatic hydroxyl groups is 1. The van der Waals surface area contributed by atoms with E-state index in [2.05, 4.69) is 5.32 Å². The number of carboxylic acids is 1. The minimum absolute atomic E-state index is 0.0364. The van der Waals surface area contributed by atoms with Crippen molar-refractivity contribution in [2.45, 2.75) is 39.7 Å². The highest BCUT2D eigenvalue weighted by Crippen LogP contribution is 2.23. The lowest BCUT2D eigenvalue weighted by Gasteiger charge is -2.22. The number of nitrogens with one attached hydrogen (secondary N) is 1. The summed E-state index contributed by atoms with van der Waals surface area (Å²) in [5.41, 5.74) is 6.02. The van der Waals surface area contributed by atoms with Crippen molar-refractivity contribution in [3.63, 3.8) is 0 Å². The molecule has 1 amide bonds. The molecule has 1 aromatic carbocycles. The van der Waals surface area contributed by atoms with Crippen LogP contribution in [0.3, 0.4) is 0 Å². The van der Waals surface area contributed by atoms with Crippen LogP contribution in [0.15, 0.2) is 18.2 Å². The van der Waals surface area contributed by atoms with Crippen molar-refractivity contribution in [1.82, 2.24) is 0 Å². The van der Waals surface area contributed by atoms with Gasteiger partial charge in [0.05, 0.1) is 0 Å². The standard InChI is InChI=1S/C15H22N2O4/c1-15(2,3)8-9(16)6-13(19)17-10-4-5-12(18)11(7-10)14(20)21/h4-5,7,9,18H,6,8,16H2,1-3H3,(H,17,19)(H,20,21). The zero-order chi connectivity index (χ0) is 16.2. The van der Waals surface area contributed by atoms with Crippen LogP contribution < -0.4 is 11.1 Å². The van der Waals surface area contributed by atoms with Gasteiger partial charge in [0.15, 0.2) is 0 Å². The van der Waals surface area contributed by atoms with E-state index in [9.17, 15) is 14.7 Å². The van der Waals surface area contributed by atoms with Gasteiger partial charge in [-0.2, -0.15) is 0 Å². The average molecular weight is 294 g/mol. The normalized spacial score (nSPS) is 12.8. The highest BCUT2D eigenvalue weighted by Gasteiger charge is 2.18. The molecule has 1 rings (SSSR count). The molecule has 1 unspecified atom stereocenters. The summed E-state index contributed by atoms with van der Waals surface area (Å²) in [5.74, 6) is -1.88. The van der Waals surface area contributed by atoms with Gasteiger partial charge in [0.25, 0.3) is 0 Å². The number of aromatic carboxylic acids is 1. The molecule has 1 atom stereocenters. The Kier molecular flexibility index (Phi) is 5.32. The van der Waals surface area contributed by atoms with E-state index in [1.165, 1.54) is 18.2 Å². The van der Waals surface area contributed by atoms with E-state index in [4.69, 9.17) is 10.8 Å². The van der Waals surface area contributed by atoms with Gasteiger partial charge in [-0.15, -0.1) is 0 Å². The lowest BCUT2D eigenvalue weighted by atomic mass is 9.87. The molecule has 6 heteroatoms. The average Bonchev–Trinajstić information content (AvgIpc) is 2.28. The Morgan fingerprint density at radius 1 is 1.33 bits per heavy atom. The van der Waals surface area contributed by atoms with Crippen molar-refractivity contribution in [1.29, 1.82) is 0 Å². The fraction of sp³-hybridized carbons (Fsp3) is 0.467. The largest absolute Gasteiger partial charge is 0.507 e. The molecule has 6 nitrogen and oxygen atoms in total. The van der Waals surface area contributed by atoms with Gasteiger partial charge in [-0.05, 0) is 30.0 Å². The van der Waals surface area contributed by atoms with Gasteiger partial charge < -0.3 is 21.3 Å². The first-order valence-electron chi connectivity index (χ1n) is 6.70. The number of rotatable bonds is 5. The third-order valence-corrected chi connectivity index (χ3v) is 2.83. The molecular formula is C15H22N2O4. The van der Waals surface area contributed by atoms with Gasteiger partial charge in [0, 0.05) is 18.2 Å². The number of hydrogen-bond donors (Lipinski definition) is 4. The van der Waals surface area contributed by atoms with Crippen molar-refractivity contribution >= 4 is 17.6 Å². The molecule has 5 N–H and O–H groups in total. The summed E-state index contributed by atoms with van der Waals surface area (Å²) in [7, 11) is 0. The van der Waals surface area contributed by atoms with Crippen LogP contribution in [-0.4, -0.2) is 28.1 Å². The monoisotopic (exact) mass is 294 g/mol. The molecule has 1 aromatic rings. The number of nitrogens with two attached hydrogens (primary N) is 1. The Morgan fingerprint density at radius 2 is 1.95 bits per heavy atom. The predicted octanol–water partition coefficient (Wildman–Crippen LogP) is 2.18. The van der Waals surface area contributed by atoms with Gasteiger partial charge in [-0.25, -0.2) is 4.79 Å². The van der Waals surface area contributed by atoms with E-state index >= 15 is 0 Å². The molecule has 0 aromatic heterocycles. The number of anilines is 1. The van der Waals surface area contributed by atoms with Crippen molar-refractivity contribution in [2.75, 3.05) is 5.32 Å². The van der Waals surface area contributed by atoms with Gasteiger partial charge in [-0.1, -0.05) is 20.8 Å². The van der Waals surface area contributed by atoms with Gasteiger partial charge in [-0.3, -0.25) is 4.79 Å². The molecule has 21 heavy (non-hydrogen) atoms. The van der Waals surface area contributed by atoms with Crippen LogP contribution in [0.1, 0.15) is 44.0 Å². The zero-order valence-corrected chi connectivity index (χ0v) is 12.5. The summed E-state index contributed by atoms with van der Waals surface area (Å²) in [5, 5.41) is 20.9. The molecule has 116 valence electrons. The summed E-state index contributed by atoms with van der Waals surface area (Å²) in [6, 6.07) is 3.62. The number of carbonyl (C=O) groups excluding carboxylic acids is 1. The second kappa shape index (κ2) is 6.58. The fourth-order valence-corrected chi connectivity index (χ4v) is 2.09. The molecule has 0 aliphatic rings. The minimum Gasteiger partial charge on any atom is -0.507 e. The highest BCUT2D eigenvalue weighted by atomic mass is 16.4. The number of carbonyl (C=O) groups is 2. The number of benzene rings is 1. The minimum atomic E-state index is -1.26. The van der Waals surface area contributed by atoms with Crippen LogP contribution in [0.5, 0.6) is 5.75 Å². The van der Waals surface area contributed by atoms with Crippen molar-refractivity contribution in [2.24, 2.45) is 11.1 Å². The first-order chi connectivity index (χ1) is 9.58. The van der Waals surface area contributed by atoms with Crippen LogP contribution in [0.25, 0.3) is 0 Å². The van der Waals surface area contributed by atoms with E-state index in [1.54, 1.807) is 0 Å². The quantitative estimate of drug-likeness (QED) is 0.622. The summed E-state index contributed by atoms with van der Waals surface area (Å²) in [6.07, 6.45) is 0.858. The topological polar surface area (TPSA) is 113 Å². The summed E-state index contributed by atoms with van der Waals surface area (Å²) < 4.78 is 0. The van der Waals surface area contributed by atoms with Crippen LogP contribution in [0, 0.1) is 5.41 Å². The van der Waals surface area contributed by atoms with Crippen molar-refractivity contribution < 1.29 is 19.8 Å². The van der Waals surface area contributed by atoms with Crippen LogP contribution >= 0.6 is 0 Å². The maximum Gasteiger partial charge on any atom is 0.339 e. The number of hydrogen-bond acceptors (Lipinski definition) is 4. The van der Waals surface area contributed by atoms with Crippen molar-refractivity contribution in [3.05, 3.63) is 23.8 Å². The van der Waals surface area contributed by atoms with Crippen LogP contribution in [-0.2, 0) is 4.79 Å². The Morgan fingerprint density at radius 3 is 2.48 bits per heavy atom. The SMILES string of the molecule is CC(C)(C)CC(N)CC(=O)Nc1ccc(O)c(C(=O)O)c1.